The van der Waals surface area contributed by atoms with Gasteiger partial charge in [0.15, 0.2) is 0 Å². The van der Waals surface area contributed by atoms with Gasteiger partial charge in [0.2, 0.25) is 0 Å². The van der Waals surface area contributed by atoms with E-state index >= 15 is 0 Å². The number of rotatable bonds is 5. The molecule has 1 fully saturated rings. The highest BCUT2D eigenvalue weighted by molar-refractivity contribution is 5.89. The summed E-state index contributed by atoms with van der Waals surface area (Å²) in [6.45, 7) is 1.03. The minimum Gasteiger partial charge on any atom is -0.480 e. The maximum Gasteiger partial charge on any atom is 0.351 e. The van der Waals surface area contributed by atoms with Gasteiger partial charge < -0.3 is 20.6 Å². The molecule has 0 saturated carbocycles. The normalized spacial score (nSPS) is 27.3. The van der Waals surface area contributed by atoms with Crippen LogP contribution in [-0.4, -0.2) is 63.3 Å². The lowest BCUT2D eigenvalue weighted by Gasteiger charge is -2.23. The van der Waals surface area contributed by atoms with E-state index in [0.29, 0.717) is 25.1 Å². The third-order valence-corrected chi connectivity index (χ3v) is 3.86. The first-order chi connectivity index (χ1) is 10.4. The average molecular weight is 310 g/mol. The summed E-state index contributed by atoms with van der Waals surface area (Å²) < 4.78 is 0. The zero-order valence-corrected chi connectivity index (χ0v) is 11.9. The first-order valence-electron chi connectivity index (χ1n) is 6.98. The van der Waals surface area contributed by atoms with Crippen LogP contribution in [0.25, 0.3) is 0 Å². The summed E-state index contributed by atoms with van der Waals surface area (Å²) in [4.78, 5) is 35.0. The Balaban J connectivity index is 2.11. The third-order valence-electron chi connectivity index (χ3n) is 3.86. The zero-order chi connectivity index (χ0) is 16.3. The van der Waals surface area contributed by atoms with Crippen LogP contribution in [0, 0.1) is 0 Å². The monoisotopic (exact) mass is 310 g/mol. The highest BCUT2D eigenvalue weighted by atomic mass is 16.4. The Kier molecular flexibility index (Phi) is 4.81. The minimum atomic E-state index is -1.22. The SMILES string of the molecule is O=C(O)C1=C/C(=C\CN2CCC[C@H]2C(=O)O)C[C@@H](C(=O)O)N1. The van der Waals surface area contributed by atoms with E-state index in [9.17, 15) is 14.4 Å². The number of carboxylic acids is 3. The van der Waals surface area contributed by atoms with Crippen molar-refractivity contribution in [3.05, 3.63) is 23.4 Å². The van der Waals surface area contributed by atoms with Crippen LogP contribution in [0.4, 0.5) is 0 Å². The van der Waals surface area contributed by atoms with Gasteiger partial charge in [0, 0.05) is 13.0 Å². The summed E-state index contributed by atoms with van der Waals surface area (Å²) in [6, 6.07) is -1.52. The van der Waals surface area contributed by atoms with E-state index in [0.717, 1.165) is 6.42 Å². The smallest absolute Gasteiger partial charge is 0.351 e. The van der Waals surface area contributed by atoms with Crippen LogP contribution in [0.2, 0.25) is 0 Å². The van der Waals surface area contributed by atoms with E-state index < -0.39 is 30.0 Å². The highest BCUT2D eigenvalue weighted by Crippen LogP contribution is 2.20. The van der Waals surface area contributed by atoms with Crippen molar-refractivity contribution < 1.29 is 29.7 Å². The molecule has 8 nitrogen and oxygen atoms in total. The molecule has 120 valence electrons. The molecule has 2 atom stereocenters. The molecule has 8 heteroatoms. The molecule has 2 aliphatic rings. The van der Waals surface area contributed by atoms with E-state index in [2.05, 4.69) is 5.32 Å². The summed E-state index contributed by atoms with van der Waals surface area (Å²) in [5.41, 5.74) is 0.417. The van der Waals surface area contributed by atoms with Crippen LogP contribution < -0.4 is 5.32 Å². The van der Waals surface area contributed by atoms with Gasteiger partial charge in [-0.05, 0) is 31.0 Å². The quantitative estimate of drug-likeness (QED) is 0.553. The Bertz CT molecular complexity index is 554. The number of likely N-dealkylation sites (tertiary alicyclic amines) is 1. The standard InChI is InChI=1S/C14H18N2O6/c17-12(18)9-6-8(7-10(15-9)13(19)20)3-5-16-4-1-2-11(16)14(21)22/h3,6,10-11,15H,1-2,4-5,7H2,(H,17,18)(H,19,20)(H,21,22)/b8-3+/t10-,11-/m0/s1. The van der Waals surface area contributed by atoms with Gasteiger partial charge in [0.05, 0.1) is 0 Å². The first-order valence-corrected chi connectivity index (χ1v) is 6.98. The summed E-state index contributed by atoms with van der Waals surface area (Å²) in [7, 11) is 0. The average Bonchev–Trinajstić information content (AvgIpc) is 2.93. The largest absolute Gasteiger partial charge is 0.480 e. The molecule has 22 heavy (non-hydrogen) atoms. The van der Waals surface area contributed by atoms with Crippen molar-refractivity contribution in [1.29, 1.82) is 0 Å². The Morgan fingerprint density at radius 2 is 2.00 bits per heavy atom. The number of hydrogen-bond donors (Lipinski definition) is 4. The lowest BCUT2D eigenvalue weighted by Crippen LogP contribution is -2.41. The molecule has 4 N–H and O–H groups in total. The molecular formula is C14H18N2O6. The Morgan fingerprint density at radius 3 is 2.59 bits per heavy atom. The molecule has 0 bridgehead atoms. The van der Waals surface area contributed by atoms with Gasteiger partial charge >= 0.3 is 17.9 Å². The molecule has 0 amide bonds. The van der Waals surface area contributed by atoms with E-state index in [1.807, 2.05) is 0 Å². The van der Waals surface area contributed by atoms with Gasteiger partial charge in [-0.15, -0.1) is 0 Å². The molecule has 0 aromatic heterocycles. The van der Waals surface area contributed by atoms with Gasteiger partial charge in [-0.1, -0.05) is 6.08 Å². The van der Waals surface area contributed by atoms with Crippen molar-refractivity contribution in [2.45, 2.75) is 31.3 Å². The highest BCUT2D eigenvalue weighted by Gasteiger charge is 2.30. The maximum atomic E-state index is 11.1. The fourth-order valence-electron chi connectivity index (χ4n) is 2.73. The first kappa shape index (κ1) is 16.0. The molecule has 0 aromatic rings. The molecule has 1 saturated heterocycles. The van der Waals surface area contributed by atoms with E-state index in [4.69, 9.17) is 15.3 Å². The topological polar surface area (TPSA) is 127 Å². The second-order valence-electron chi connectivity index (χ2n) is 5.37. The van der Waals surface area contributed by atoms with Crippen molar-refractivity contribution in [2.24, 2.45) is 0 Å². The van der Waals surface area contributed by atoms with Crippen LogP contribution in [0.3, 0.4) is 0 Å². The molecule has 0 spiro atoms. The molecule has 2 heterocycles. The van der Waals surface area contributed by atoms with Crippen LogP contribution in [0.1, 0.15) is 19.3 Å². The summed E-state index contributed by atoms with van der Waals surface area (Å²) in [5.74, 6) is -3.21. The predicted octanol–water partition coefficient (Wildman–Crippen LogP) is -0.123. The molecule has 0 radical (unpaired) electrons. The lowest BCUT2D eigenvalue weighted by molar-refractivity contribution is -0.142. The predicted molar refractivity (Wildman–Crippen MR) is 75.2 cm³/mol. The van der Waals surface area contributed by atoms with Crippen molar-refractivity contribution in [1.82, 2.24) is 10.2 Å². The van der Waals surface area contributed by atoms with Gasteiger partial charge in [-0.3, -0.25) is 9.69 Å². The van der Waals surface area contributed by atoms with Crippen LogP contribution >= 0.6 is 0 Å². The second-order valence-corrected chi connectivity index (χ2v) is 5.37. The molecule has 0 aromatic carbocycles. The number of hydrogen-bond acceptors (Lipinski definition) is 5. The molecule has 0 aliphatic carbocycles. The number of nitrogens with one attached hydrogen (secondary N) is 1. The number of carbonyl (C=O) groups is 3. The Morgan fingerprint density at radius 1 is 1.27 bits per heavy atom. The van der Waals surface area contributed by atoms with Crippen molar-refractivity contribution in [3.8, 4) is 0 Å². The molecule has 0 unspecified atom stereocenters. The van der Waals surface area contributed by atoms with Crippen molar-refractivity contribution >= 4 is 17.9 Å². The van der Waals surface area contributed by atoms with Crippen LogP contribution in [-0.2, 0) is 14.4 Å². The minimum absolute atomic E-state index is 0.164. The lowest BCUT2D eigenvalue weighted by atomic mass is 10.00. The van der Waals surface area contributed by atoms with Gasteiger partial charge in [0.25, 0.3) is 0 Å². The number of nitrogens with zero attached hydrogens (tertiary/aromatic N) is 1. The maximum absolute atomic E-state index is 11.1. The molecular weight excluding hydrogens is 292 g/mol. The van der Waals surface area contributed by atoms with Crippen molar-refractivity contribution in [2.75, 3.05) is 13.1 Å². The zero-order valence-electron chi connectivity index (χ0n) is 11.9. The number of allylic oxidation sites excluding steroid dienone is 1. The van der Waals surface area contributed by atoms with Gasteiger partial charge in [0.1, 0.15) is 17.8 Å². The Hall–Kier alpha value is -2.35. The number of carboxylic acid groups (broad SMARTS) is 3. The fourth-order valence-corrected chi connectivity index (χ4v) is 2.73. The third kappa shape index (κ3) is 3.64. The molecule has 2 aliphatic heterocycles. The van der Waals surface area contributed by atoms with E-state index in [1.165, 1.54) is 6.08 Å². The fraction of sp³-hybridized carbons (Fsp3) is 0.500. The van der Waals surface area contributed by atoms with Gasteiger partial charge in [-0.25, -0.2) is 9.59 Å². The summed E-state index contributed by atoms with van der Waals surface area (Å²) in [6.07, 6.45) is 4.66. The summed E-state index contributed by atoms with van der Waals surface area (Å²) >= 11 is 0. The van der Waals surface area contributed by atoms with E-state index in [-0.39, 0.29) is 12.1 Å². The number of aliphatic carboxylic acids is 3. The Labute approximate surface area is 126 Å². The van der Waals surface area contributed by atoms with Crippen LogP contribution in [0.15, 0.2) is 23.4 Å². The molecule has 2 rings (SSSR count). The summed E-state index contributed by atoms with van der Waals surface area (Å²) in [5, 5.41) is 29.6. The van der Waals surface area contributed by atoms with Crippen LogP contribution in [0.5, 0.6) is 0 Å². The second kappa shape index (κ2) is 6.61. The van der Waals surface area contributed by atoms with E-state index in [1.54, 1.807) is 11.0 Å². The van der Waals surface area contributed by atoms with Gasteiger partial charge in [-0.2, -0.15) is 0 Å². The van der Waals surface area contributed by atoms with Crippen molar-refractivity contribution in [3.63, 3.8) is 0 Å².